The van der Waals surface area contributed by atoms with Gasteiger partial charge in [0.05, 0.1) is 5.56 Å². The van der Waals surface area contributed by atoms with Gasteiger partial charge in [0.15, 0.2) is 23.3 Å². The van der Waals surface area contributed by atoms with Crippen molar-refractivity contribution in [3.8, 4) is 0 Å². The number of aromatic nitrogens is 3. The normalized spacial score (nSPS) is 11.1. The smallest absolute Gasteiger partial charge is 0.233 e. The highest BCUT2D eigenvalue weighted by atomic mass is 19.2. The van der Waals surface area contributed by atoms with Crippen LogP contribution in [0.3, 0.4) is 0 Å². The molecule has 4 rings (SSSR count). The molecule has 0 spiro atoms. The van der Waals surface area contributed by atoms with Crippen LogP contribution in [0.4, 0.5) is 51.2 Å². The minimum atomic E-state index is -2.21. The highest BCUT2D eigenvalue weighted by molar-refractivity contribution is 5.72. The van der Waals surface area contributed by atoms with Crippen LogP contribution in [0.15, 0.2) is 42.5 Å². The van der Waals surface area contributed by atoms with Gasteiger partial charge in [-0.3, -0.25) is 0 Å². The van der Waals surface area contributed by atoms with Gasteiger partial charge in [-0.15, -0.1) is 0 Å². The van der Waals surface area contributed by atoms with E-state index in [1.807, 2.05) is 32.0 Å². The largest absolute Gasteiger partial charge is 0.357 e. The highest BCUT2D eigenvalue weighted by Crippen LogP contribution is 2.26. The van der Waals surface area contributed by atoms with Crippen LogP contribution in [-0.4, -0.2) is 22.0 Å². The Bertz CT molecular complexity index is 1460. The molecule has 190 valence electrons. The summed E-state index contributed by atoms with van der Waals surface area (Å²) in [6.45, 7) is 3.95. The third-order valence-corrected chi connectivity index (χ3v) is 5.17. The fourth-order valence-electron chi connectivity index (χ4n) is 3.57. The van der Waals surface area contributed by atoms with Crippen molar-refractivity contribution in [2.75, 3.05) is 23.0 Å². The number of aryl methyl sites for hydroxylation is 2. The number of nitrogens with zero attached hydrogens (tertiary/aromatic N) is 3. The molecule has 0 unspecified atom stereocenters. The van der Waals surface area contributed by atoms with Crippen molar-refractivity contribution in [3.63, 3.8) is 0 Å². The maximum absolute atomic E-state index is 14.0. The zero-order valence-corrected chi connectivity index (χ0v) is 19.9. The molecule has 4 aromatic rings. The number of hydrogen-bond donors (Lipinski definition) is 3. The molecule has 1 aromatic heterocycles. The van der Waals surface area contributed by atoms with E-state index in [2.05, 4.69) is 30.9 Å². The fourth-order valence-corrected chi connectivity index (χ4v) is 3.57. The van der Waals surface area contributed by atoms with Crippen molar-refractivity contribution in [3.05, 3.63) is 93.8 Å². The maximum Gasteiger partial charge on any atom is 0.233 e. The summed E-state index contributed by atoms with van der Waals surface area (Å²) in [5.74, 6) is -9.24. The van der Waals surface area contributed by atoms with Gasteiger partial charge in [-0.05, 0) is 60.9 Å². The Balaban J connectivity index is 1.59. The monoisotopic (exact) mass is 512 g/mol. The van der Waals surface area contributed by atoms with E-state index >= 15 is 0 Å². The van der Waals surface area contributed by atoms with Crippen LogP contribution in [0.2, 0.25) is 0 Å². The molecule has 0 amide bonds. The molecule has 0 saturated heterocycles. The van der Waals surface area contributed by atoms with E-state index in [0.717, 1.165) is 22.9 Å². The third-order valence-electron chi connectivity index (χ3n) is 5.17. The lowest BCUT2D eigenvalue weighted by Crippen LogP contribution is -2.07. The predicted octanol–water partition coefficient (Wildman–Crippen LogP) is 6.88. The molecule has 6 nitrogen and oxygen atoms in total. The van der Waals surface area contributed by atoms with Crippen molar-refractivity contribution in [2.45, 2.75) is 13.8 Å². The summed E-state index contributed by atoms with van der Waals surface area (Å²) in [5.41, 5.74) is 2.83. The summed E-state index contributed by atoms with van der Waals surface area (Å²) in [4.78, 5) is 13.0. The lowest BCUT2D eigenvalue weighted by atomic mass is 10.1. The summed E-state index contributed by atoms with van der Waals surface area (Å²) in [7, 11) is 1.66. The quantitative estimate of drug-likeness (QED) is 0.108. The molecule has 11 heteroatoms. The summed E-state index contributed by atoms with van der Waals surface area (Å²) >= 11 is 0. The molecule has 0 fully saturated rings. The average molecular weight is 512 g/mol. The van der Waals surface area contributed by atoms with Crippen molar-refractivity contribution in [1.82, 2.24) is 15.0 Å². The van der Waals surface area contributed by atoms with Crippen LogP contribution in [-0.2, 0) is 0 Å². The number of halogens is 5. The zero-order chi connectivity index (χ0) is 26.7. The number of rotatable bonds is 7. The summed E-state index contributed by atoms with van der Waals surface area (Å²) in [6, 6.07) is 12.4. The summed E-state index contributed by atoms with van der Waals surface area (Å²) in [5, 5.41) is 9.03. The van der Waals surface area contributed by atoms with Crippen molar-refractivity contribution < 1.29 is 22.0 Å². The number of hydrogen-bond acceptors (Lipinski definition) is 6. The molecule has 3 N–H and O–H groups in total. The van der Waals surface area contributed by atoms with E-state index < -0.39 is 34.6 Å². The summed E-state index contributed by atoms with van der Waals surface area (Å²) < 4.78 is 68.1. The Hall–Kier alpha value is -4.54. The second-order valence-electron chi connectivity index (χ2n) is 8.13. The Morgan fingerprint density at radius 1 is 0.622 bits per heavy atom. The number of benzene rings is 3. The first-order valence-electron chi connectivity index (χ1n) is 11.0. The Morgan fingerprint density at radius 3 is 1.76 bits per heavy atom. The van der Waals surface area contributed by atoms with Crippen LogP contribution in [0, 0.1) is 42.9 Å². The van der Waals surface area contributed by atoms with Crippen LogP contribution in [0.5, 0.6) is 0 Å². The predicted molar refractivity (Wildman–Crippen MR) is 133 cm³/mol. The lowest BCUT2D eigenvalue weighted by Gasteiger charge is -2.11. The molecule has 0 aliphatic heterocycles. The van der Waals surface area contributed by atoms with Crippen LogP contribution >= 0.6 is 0 Å². The van der Waals surface area contributed by atoms with E-state index in [9.17, 15) is 22.0 Å². The second-order valence-corrected chi connectivity index (χ2v) is 8.13. The van der Waals surface area contributed by atoms with Crippen LogP contribution < -0.4 is 16.0 Å². The third kappa shape index (κ3) is 5.83. The van der Waals surface area contributed by atoms with E-state index in [0.29, 0.717) is 17.2 Å². The van der Waals surface area contributed by atoms with Crippen molar-refractivity contribution >= 4 is 41.4 Å². The Kier molecular flexibility index (Phi) is 7.32. The van der Waals surface area contributed by atoms with Gasteiger partial charge in [-0.1, -0.05) is 24.3 Å². The molecule has 0 bridgehead atoms. The van der Waals surface area contributed by atoms with E-state index in [1.54, 1.807) is 31.3 Å². The van der Waals surface area contributed by atoms with Gasteiger partial charge >= 0.3 is 0 Å². The average Bonchev–Trinajstić information content (AvgIpc) is 2.85. The molecule has 37 heavy (non-hydrogen) atoms. The molecule has 0 radical (unpaired) electrons. The fraction of sp³-hybridized carbons (Fsp3) is 0.115. The van der Waals surface area contributed by atoms with Crippen molar-refractivity contribution in [2.24, 2.45) is 0 Å². The van der Waals surface area contributed by atoms with Gasteiger partial charge in [0, 0.05) is 18.4 Å². The van der Waals surface area contributed by atoms with Crippen LogP contribution in [0.1, 0.15) is 22.3 Å². The maximum atomic E-state index is 14.0. The first-order chi connectivity index (χ1) is 17.6. The molecule has 0 atom stereocenters. The van der Waals surface area contributed by atoms with E-state index in [-0.39, 0.29) is 11.9 Å². The molecule has 1 heterocycles. The Labute approximate surface area is 209 Å². The highest BCUT2D eigenvalue weighted by Gasteiger charge is 2.24. The van der Waals surface area contributed by atoms with Gasteiger partial charge in [0.25, 0.3) is 0 Å². The van der Waals surface area contributed by atoms with Gasteiger partial charge in [-0.25, -0.2) is 22.0 Å². The van der Waals surface area contributed by atoms with Gasteiger partial charge in [0.2, 0.25) is 23.7 Å². The molecule has 0 saturated carbocycles. The zero-order valence-electron chi connectivity index (χ0n) is 19.9. The molecular weight excluding hydrogens is 491 g/mol. The summed E-state index contributed by atoms with van der Waals surface area (Å²) in [6.07, 6.45) is 2.05. The van der Waals surface area contributed by atoms with E-state index in [1.165, 1.54) is 6.08 Å². The van der Waals surface area contributed by atoms with Crippen molar-refractivity contribution in [1.29, 1.82) is 0 Å². The standard InChI is InChI=1S/C26H21F5N6/c1-13-9-14(2)11-17(10-13)34-26-36-24(32-3)35-25(37-26)33-16-6-4-5-15(12-16)7-8-18-19(27)21(29)23(31)22(30)20(18)28/h4-12H,1-3H3,(H3,32,33,34,35,36,37)/b8-7+. The SMILES string of the molecule is CNc1nc(Nc2cc(C)cc(C)c2)nc(Nc2cccc(/C=C/c3c(F)c(F)c(F)c(F)c3F)c2)n1. The van der Waals surface area contributed by atoms with Gasteiger partial charge in [0.1, 0.15) is 0 Å². The van der Waals surface area contributed by atoms with E-state index in [4.69, 9.17) is 0 Å². The molecule has 3 aromatic carbocycles. The minimum Gasteiger partial charge on any atom is -0.357 e. The Morgan fingerprint density at radius 2 is 1.16 bits per heavy atom. The lowest BCUT2D eigenvalue weighted by molar-refractivity contribution is 0.377. The second kappa shape index (κ2) is 10.6. The number of nitrogens with one attached hydrogen (secondary N) is 3. The van der Waals surface area contributed by atoms with Gasteiger partial charge in [-0.2, -0.15) is 15.0 Å². The minimum absolute atomic E-state index is 0.201. The topological polar surface area (TPSA) is 74.8 Å². The van der Waals surface area contributed by atoms with Gasteiger partial charge < -0.3 is 16.0 Å². The molecular formula is C26H21F5N6. The first kappa shape index (κ1) is 25.5. The molecule has 0 aliphatic rings. The van der Waals surface area contributed by atoms with Crippen LogP contribution in [0.25, 0.3) is 12.2 Å². The molecule has 0 aliphatic carbocycles. The number of anilines is 5. The first-order valence-corrected chi connectivity index (χ1v) is 11.0.